The van der Waals surface area contributed by atoms with E-state index in [1.165, 1.54) is 0 Å². The van der Waals surface area contributed by atoms with Gasteiger partial charge in [-0.1, -0.05) is 6.92 Å². The van der Waals surface area contributed by atoms with Crippen LogP contribution < -0.4 is 11.2 Å². The second-order valence-electron chi connectivity index (χ2n) is 2.77. The minimum Gasteiger partial charge on any atom is -0.376 e. The summed E-state index contributed by atoms with van der Waals surface area (Å²) in [5.41, 5.74) is 0.164. The van der Waals surface area contributed by atoms with Crippen molar-refractivity contribution in [3.8, 4) is 0 Å². The third-order valence-corrected chi connectivity index (χ3v) is 5.29. The number of rotatable bonds is 6. The lowest BCUT2D eigenvalue weighted by molar-refractivity contribution is -0.801. The van der Waals surface area contributed by atoms with Crippen molar-refractivity contribution in [1.29, 1.82) is 0 Å². The zero-order chi connectivity index (χ0) is 13.2. The third kappa shape index (κ3) is 5.98. The molecule has 0 saturated carbocycles. The highest BCUT2D eigenvalue weighted by molar-refractivity contribution is 6.62. The Labute approximate surface area is 96.5 Å². The van der Waals surface area contributed by atoms with E-state index < -0.39 is 13.8 Å². The first kappa shape index (κ1) is 17.6. The predicted octanol–water partition coefficient (Wildman–Crippen LogP) is -0.570. The molecule has 0 aliphatic rings. The molecule has 4 N–H and O–H groups in total. The van der Waals surface area contributed by atoms with Crippen molar-refractivity contribution in [2.75, 3.05) is 28.4 Å². The molecule has 0 bridgehead atoms. The third-order valence-electron chi connectivity index (χ3n) is 2.04. The van der Waals surface area contributed by atoms with Crippen LogP contribution in [0.25, 0.3) is 0 Å². The topological polar surface area (TPSA) is 106 Å². The lowest BCUT2D eigenvalue weighted by Gasteiger charge is -2.31. The Kier molecular flexibility index (Phi) is 10.5. The molecule has 0 fully saturated rings. The van der Waals surface area contributed by atoms with Gasteiger partial charge in [0.05, 0.1) is 5.67 Å². The van der Waals surface area contributed by atoms with Crippen LogP contribution in [-0.4, -0.2) is 53.1 Å². The highest BCUT2D eigenvalue weighted by Gasteiger charge is 2.45. The van der Waals surface area contributed by atoms with Gasteiger partial charge < -0.3 is 18.6 Å². The van der Waals surface area contributed by atoms with Gasteiger partial charge in [-0.3, -0.25) is 0 Å². The largest absolute Gasteiger partial charge is 0.517 e. The number of hydrazine groups is 1. The number of nitrogens with one attached hydrogen (secondary N) is 1. The second-order valence-corrected chi connectivity index (χ2v) is 5.90. The fraction of sp³-hybridized carbons (Fsp3) is 1.00. The Morgan fingerprint density at radius 1 is 1.38 bits per heavy atom. The summed E-state index contributed by atoms with van der Waals surface area (Å²) in [6, 6.07) is 0. The maximum atomic E-state index is 8.69. The quantitative estimate of drug-likeness (QED) is 0.332. The molecule has 0 aromatic carbocycles. The zero-order valence-corrected chi connectivity index (χ0v) is 11.4. The van der Waals surface area contributed by atoms with E-state index in [1.807, 2.05) is 7.05 Å². The van der Waals surface area contributed by atoms with E-state index in [9.17, 15) is 0 Å². The molecule has 0 rings (SSSR count). The molecule has 16 heavy (non-hydrogen) atoms. The summed E-state index contributed by atoms with van der Waals surface area (Å²) in [6.45, 7) is 2.07. The van der Waals surface area contributed by atoms with E-state index in [0.717, 1.165) is 6.42 Å². The number of nitrogens with zero attached hydrogens (tertiary/aromatic N) is 1. The Bertz CT molecular complexity index is 175. The highest BCUT2D eigenvalue weighted by atomic mass is 28.4. The SMILES string of the molecule is CCC(NC)[Si](OC)(OC)OC.N[N+](=O)O. The van der Waals surface area contributed by atoms with Crippen LogP contribution >= 0.6 is 0 Å². The van der Waals surface area contributed by atoms with Gasteiger partial charge in [0.15, 0.2) is 0 Å². The summed E-state index contributed by atoms with van der Waals surface area (Å²) < 4.78 is 15.9. The lowest BCUT2D eigenvalue weighted by atomic mass is 10.5. The fourth-order valence-electron chi connectivity index (χ4n) is 1.31. The van der Waals surface area contributed by atoms with E-state index >= 15 is 0 Å². The van der Waals surface area contributed by atoms with Crippen molar-refractivity contribution in [2.24, 2.45) is 5.84 Å². The van der Waals surface area contributed by atoms with Gasteiger partial charge in [-0.15, -0.1) is 5.84 Å². The lowest BCUT2D eigenvalue weighted by Crippen LogP contribution is -2.59. The minimum atomic E-state index is -2.46. The summed E-state index contributed by atoms with van der Waals surface area (Å²) in [5, 5.41) is 9.49. The molecule has 0 aliphatic heterocycles. The van der Waals surface area contributed by atoms with Crippen molar-refractivity contribution < 1.29 is 23.5 Å². The van der Waals surface area contributed by atoms with Crippen molar-refractivity contribution >= 4 is 8.80 Å². The van der Waals surface area contributed by atoms with Gasteiger partial charge in [0.25, 0.3) is 0 Å². The van der Waals surface area contributed by atoms with Gasteiger partial charge in [-0.05, 0) is 13.5 Å². The van der Waals surface area contributed by atoms with Crippen LogP contribution in [0.3, 0.4) is 0 Å². The summed E-state index contributed by atoms with van der Waals surface area (Å²) in [4.78, 5) is 8.69. The van der Waals surface area contributed by atoms with Crippen LogP contribution in [0.4, 0.5) is 0 Å². The van der Waals surface area contributed by atoms with Crippen molar-refractivity contribution in [2.45, 2.75) is 19.0 Å². The van der Waals surface area contributed by atoms with Gasteiger partial charge in [-0.2, -0.15) is 0 Å². The minimum absolute atomic E-state index is 0.164. The molecule has 1 unspecified atom stereocenters. The van der Waals surface area contributed by atoms with Crippen LogP contribution in [0.15, 0.2) is 0 Å². The van der Waals surface area contributed by atoms with E-state index in [2.05, 4.69) is 18.1 Å². The summed E-state index contributed by atoms with van der Waals surface area (Å²) in [6.07, 6.45) is 0.929. The van der Waals surface area contributed by atoms with Gasteiger partial charge in [0.1, 0.15) is 4.91 Å². The summed E-state index contributed by atoms with van der Waals surface area (Å²) in [5.74, 6) is 3.94. The molecule has 0 radical (unpaired) electrons. The maximum Gasteiger partial charge on any atom is 0.517 e. The van der Waals surface area contributed by atoms with E-state index in [1.54, 1.807) is 21.3 Å². The molecule has 9 heteroatoms. The monoisotopic (exact) mass is 256 g/mol. The average Bonchev–Trinajstić information content (AvgIpc) is 2.25. The normalized spacial score (nSPS) is 12.6. The van der Waals surface area contributed by atoms with Crippen molar-refractivity contribution in [1.82, 2.24) is 5.32 Å². The van der Waals surface area contributed by atoms with Crippen LogP contribution in [-0.2, 0) is 13.3 Å². The molecule has 0 amide bonds. The first-order valence-corrected chi connectivity index (χ1v) is 6.47. The number of nitrogens with two attached hydrogens (primary N) is 1. The molecule has 0 aliphatic carbocycles. The number of hydrogen-bond donors (Lipinski definition) is 3. The Morgan fingerprint density at radius 2 is 1.69 bits per heavy atom. The van der Waals surface area contributed by atoms with E-state index in [0.29, 0.717) is 0 Å². The molecular formula is C7H22N3O5Si+. The molecule has 0 saturated heterocycles. The van der Waals surface area contributed by atoms with Crippen LogP contribution in [0, 0.1) is 4.91 Å². The van der Waals surface area contributed by atoms with E-state index in [4.69, 9.17) is 23.4 Å². The zero-order valence-electron chi connectivity index (χ0n) is 10.4. The molecule has 8 nitrogen and oxygen atoms in total. The Hall–Kier alpha value is -0.743. The fourth-order valence-corrected chi connectivity index (χ4v) is 3.51. The van der Waals surface area contributed by atoms with Crippen LogP contribution in [0.5, 0.6) is 0 Å². The smallest absolute Gasteiger partial charge is 0.376 e. The van der Waals surface area contributed by atoms with Gasteiger partial charge >= 0.3 is 13.8 Å². The molecular weight excluding hydrogens is 234 g/mol. The second kappa shape index (κ2) is 9.48. The van der Waals surface area contributed by atoms with Crippen LogP contribution in [0.1, 0.15) is 13.3 Å². The first-order valence-electron chi connectivity index (χ1n) is 4.67. The molecule has 0 aromatic heterocycles. The maximum absolute atomic E-state index is 8.69. The van der Waals surface area contributed by atoms with Gasteiger partial charge in [0, 0.05) is 21.3 Å². The first-order chi connectivity index (χ1) is 7.43. The predicted molar refractivity (Wildman–Crippen MR) is 59.5 cm³/mol. The summed E-state index contributed by atoms with van der Waals surface area (Å²) in [7, 11) is 4.30. The van der Waals surface area contributed by atoms with Gasteiger partial charge in [0.2, 0.25) is 0 Å². The van der Waals surface area contributed by atoms with Gasteiger partial charge in [-0.25, -0.2) is 5.21 Å². The standard InChI is InChI=1S/C7H19NO3Si.H3N2O2/c1-6-7(8-2)12(9-3,10-4)11-5;1-2(3)4/h7-8H,6H2,1-5H3;1H2,(H,3,4)/q;+1. The van der Waals surface area contributed by atoms with E-state index in [-0.39, 0.29) is 5.67 Å². The molecule has 0 heterocycles. The highest BCUT2D eigenvalue weighted by Crippen LogP contribution is 2.13. The molecule has 0 aromatic rings. The Morgan fingerprint density at radius 3 is 1.75 bits per heavy atom. The summed E-state index contributed by atoms with van der Waals surface area (Å²) >= 11 is 0. The molecule has 98 valence electrons. The molecule has 0 spiro atoms. The Balaban J connectivity index is 0. The number of hydrogen-bond acceptors (Lipinski definition) is 5. The van der Waals surface area contributed by atoms with Crippen molar-refractivity contribution in [3.05, 3.63) is 4.91 Å². The van der Waals surface area contributed by atoms with Crippen molar-refractivity contribution in [3.63, 3.8) is 0 Å². The average molecular weight is 256 g/mol. The molecule has 1 atom stereocenters. The van der Waals surface area contributed by atoms with Crippen LogP contribution in [0.2, 0.25) is 0 Å².